The van der Waals surface area contributed by atoms with E-state index in [-0.39, 0.29) is 11.3 Å². The Balaban J connectivity index is 2.25. The summed E-state index contributed by atoms with van der Waals surface area (Å²) in [6, 6.07) is 12.0. The van der Waals surface area contributed by atoms with Crippen LogP contribution in [0.15, 0.2) is 35.5 Å². The van der Waals surface area contributed by atoms with E-state index in [4.69, 9.17) is 15.8 Å². The van der Waals surface area contributed by atoms with Gasteiger partial charge in [0.2, 0.25) is 5.82 Å². The zero-order valence-electron chi connectivity index (χ0n) is 10.9. The van der Waals surface area contributed by atoms with E-state index in [1.165, 1.54) is 4.80 Å². The first-order chi connectivity index (χ1) is 10.2. The van der Waals surface area contributed by atoms with Gasteiger partial charge in [-0.3, -0.25) is 0 Å². The van der Waals surface area contributed by atoms with Gasteiger partial charge >= 0.3 is 0 Å². The van der Waals surface area contributed by atoms with Gasteiger partial charge in [0.1, 0.15) is 23.9 Å². The summed E-state index contributed by atoms with van der Waals surface area (Å²) in [4.78, 5) is 1.35. The molecule has 0 saturated carbocycles. The zero-order valence-corrected chi connectivity index (χ0v) is 10.9. The van der Waals surface area contributed by atoms with Crippen LogP contribution in [0.25, 0.3) is 11.4 Å². The van der Waals surface area contributed by atoms with Crippen LogP contribution >= 0.6 is 0 Å². The number of aromatic nitrogens is 4. The monoisotopic (exact) mass is 276 g/mol. The van der Waals surface area contributed by atoms with E-state index in [1.54, 1.807) is 49.5 Å². The molecule has 0 aliphatic carbocycles. The Morgan fingerprint density at radius 2 is 1.76 bits per heavy atom. The van der Waals surface area contributed by atoms with Crippen molar-refractivity contribution in [1.82, 2.24) is 20.2 Å². The van der Waals surface area contributed by atoms with Crippen LogP contribution in [0.1, 0.15) is 0 Å². The number of hydrogen-bond donors (Lipinski definition) is 1. The number of rotatable bonds is 3. The number of nitriles is 3. The Kier molecular flexibility index (Phi) is 3.90. The van der Waals surface area contributed by atoms with Crippen LogP contribution < -0.4 is 5.32 Å². The van der Waals surface area contributed by atoms with Crippen LogP contribution in [0.5, 0.6) is 0 Å². The highest BCUT2D eigenvalue weighted by molar-refractivity contribution is 5.63. The van der Waals surface area contributed by atoms with Crippen molar-refractivity contribution < 1.29 is 0 Å². The molecule has 0 aliphatic heterocycles. The van der Waals surface area contributed by atoms with Gasteiger partial charge in [-0.15, -0.1) is 10.2 Å². The molecule has 1 heterocycles. The lowest BCUT2D eigenvalue weighted by Gasteiger charge is -2.04. The molecule has 8 nitrogen and oxygen atoms in total. The summed E-state index contributed by atoms with van der Waals surface area (Å²) in [6.45, 7) is 0. The maximum Gasteiger partial charge on any atom is 0.204 e. The summed E-state index contributed by atoms with van der Waals surface area (Å²) in [6.07, 6.45) is 0. The number of nitrogens with one attached hydrogen (secondary N) is 1. The van der Waals surface area contributed by atoms with Gasteiger partial charge in [-0.2, -0.15) is 20.6 Å². The van der Waals surface area contributed by atoms with E-state index in [1.807, 2.05) is 0 Å². The normalized spacial score (nSPS) is 9.05. The van der Waals surface area contributed by atoms with E-state index >= 15 is 0 Å². The molecule has 0 saturated heterocycles. The predicted molar refractivity (Wildman–Crippen MR) is 71.7 cm³/mol. The number of allylic oxidation sites excluding steroid dienone is 2. The minimum Gasteiger partial charge on any atom is -0.345 e. The van der Waals surface area contributed by atoms with Gasteiger partial charge in [0.25, 0.3) is 0 Å². The number of hydrogen-bond acceptors (Lipinski definition) is 7. The largest absolute Gasteiger partial charge is 0.345 e. The van der Waals surface area contributed by atoms with Gasteiger partial charge in [-0.1, -0.05) is 0 Å². The molecule has 0 atom stereocenters. The lowest BCUT2D eigenvalue weighted by atomic mass is 10.2. The minimum atomic E-state index is -0.267. The molecular weight excluding hydrogens is 268 g/mol. The number of benzene rings is 1. The van der Waals surface area contributed by atoms with Crippen molar-refractivity contribution in [2.24, 2.45) is 7.05 Å². The lowest BCUT2D eigenvalue weighted by Crippen LogP contribution is -2.00. The molecule has 0 amide bonds. The first-order valence-corrected chi connectivity index (χ1v) is 5.74. The second-order valence-electron chi connectivity index (χ2n) is 3.89. The summed E-state index contributed by atoms with van der Waals surface area (Å²) in [5.41, 5.74) is 0.974. The van der Waals surface area contributed by atoms with E-state index in [0.717, 1.165) is 5.56 Å². The standard InChI is InChI=1S/C13H8N8/c1-21-19-13(18-20-21)9-2-4-11(5-3-9)17-12(8-16)10(6-14)7-15/h2-5,17H,1H3. The molecule has 0 aliphatic rings. The second-order valence-corrected chi connectivity index (χ2v) is 3.89. The fourth-order valence-electron chi connectivity index (χ4n) is 1.53. The van der Waals surface area contributed by atoms with Crippen LogP contribution in [0.3, 0.4) is 0 Å². The minimum absolute atomic E-state index is 0.0922. The molecule has 1 N–H and O–H groups in total. The van der Waals surface area contributed by atoms with Crippen molar-refractivity contribution in [2.45, 2.75) is 0 Å². The fraction of sp³-hybridized carbons (Fsp3) is 0.0769. The average molecular weight is 276 g/mol. The predicted octanol–water partition coefficient (Wildman–Crippen LogP) is 1.11. The Labute approximate surface area is 120 Å². The summed E-state index contributed by atoms with van der Waals surface area (Å²) in [5, 5.41) is 40.9. The lowest BCUT2D eigenvalue weighted by molar-refractivity contribution is 0.630. The molecule has 0 fully saturated rings. The molecular formula is C13H8N8. The molecule has 0 unspecified atom stereocenters. The van der Waals surface area contributed by atoms with Gasteiger partial charge < -0.3 is 5.32 Å². The molecule has 1 aromatic heterocycles. The van der Waals surface area contributed by atoms with E-state index < -0.39 is 0 Å². The Morgan fingerprint density at radius 3 is 2.24 bits per heavy atom. The van der Waals surface area contributed by atoms with Crippen LogP contribution in [0.4, 0.5) is 5.69 Å². The highest BCUT2D eigenvalue weighted by Crippen LogP contribution is 2.18. The third-order valence-corrected chi connectivity index (χ3v) is 2.51. The quantitative estimate of drug-likeness (QED) is 0.831. The van der Waals surface area contributed by atoms with E-state index in [9.17, 15) is 0 Å². The molecule has 0 bridgehead atoms. The summed E-state index contributed by atoms with van der Waals surface area (Å²) >= 11 is 0. The number of anilines is 1. The van der Waals surface area contributed by atoms with Crippen molar-refractivity contribution in [3.8, 4) is 29.6 Å². The molecule has 2 aromatic rings. The highest BCUT2D eigenvalue weighted by Gasteiger charge is 2.07. The number of aryl methyl sites for hydroxylation is 1. The molecule has 100 valence electrons. The van der Waals surface area contributed by atoms with Gasteiger partial charge in [-0.05, 0) is 29.5 Å². The number of nitrogens with zero attached hydrogens (tertiary/aromatic N) is 7. The number of tetrazole rings is 1. The summed E-state index contributed by atoms with van der Waals surface area (Å²) < 4.78 is 0. The molecule has 1 aromatic carbocycles. The van der Waals surface area contributed by atoms with E-state index in [0.29, 0.717) is 11.5 Å². The van der Waals surface area contributed by atoms with Crippen LogP contribution in [-0.2, 0) is 7.05 Å². The third kappa shape index (κ3) is 3.01. The molecule has 0 spiro atoms. The Morgan fingerprint density at radius 1 is 1.10 bits per heavy atom. The smallest absolute Gasteiger partial charge is 0.204 e. The SMILES string of the molecule is Cn1nnc(-c2ccc(NC(C#N)=C(C#N)C#N)cc2)n1. The van der Waals surface area contributed by atoms with Crippen molar-refractivity contribution >= 4 is 5.69 Å². The van der Waals surface area contributed by atoms with Crippen LogP contribution in [-0.4, -0.2) is 20.2 Å². The van der Waals surface area contributed by atoms with Crippen LogP contribution in [0.2, 0.25) is 0 Å². The van der Waals surface area contributed by atoms with Crippen molar-refractivity contribution in [1.29, 1.82) is 15.8 Å². The maximum absolute atomic E-state index is 8.95. The first kappa shape index (κ1) is 13.7. The van der Waals surface area contributed by atoms with Gasteiger partial charge in [0.15, 0.2) is 5.57 Å². The van der Waals surface area contributed by atoms with Gasteiger partial charge in [-0.25, -0.2) is 0 Å². The third-order valence-electron chi connectivity index (χ3n) is 2.51. The van der Waals surface area contributed by atoms with E-state index in [2.05, 4.69) is 20.7 Å². The average Bonchev–Trinajstić information content (AvgIpc) is 2.94. The second kappa shape index (κ2) is 5.96. The Bertz CT molecular complexity index is 792. The van der Waals surface area contributed by atoms with Crippen molar-refractivity contribution in [2.75, 3.05) is 5.32 Å². The van der Waals surface area contributed by atoms with Gasteiger partial charge in [0, 0.05) is 11.3 Å². The fourth-order valence-corrected chi connectivity index (χ4v) is 1.53. The van der Waals surface area contributed by atoms with Crippen LogP contribution in [0, 0.1) is 34.0 Å². The molecule has 8 heteroatoms. The zero-order chi connectivity index (χ0) is 15.2. The van der Waals surface area contributed by atoms with Gasteiger partial charge in [0.05, 0.1) is 7.05 Å². The first-order valence-electron chi connectivity index (χ1n) is 5.74. The maximum atomic E-state index is 8.95. The topological polar surface area (TPSA) is 127 Å². The summed E-state index contributed by atoms with van der Waals surface area (Å²) in [7, 11) is 1.67. The molecule has 21 heavy (non-hydrogen) atoms. The molecule has 2 rings (SSSR count). The summed E-state index contributed by atoms with van der Waals surface area (Å²) in [5.74, 6) is 0.481. The Hall–Kier alpha value is -3.70. The highest BCUT2D eigenvalue weighted by atomic mass is 15.6. The molecule has 0 radical (unpaired) electrons. The van der Waals surface area contributed by atoms with Crippen molar-refractivity contribution in [3.63, 3.8) is 0 Å². The van der Waals surface area contributed by atoms with Crippen molar-refractivity contribution in [3.05, 3.63) is 35.5 Å².